The fraction of sp³-hybridized carbons (Fsp3) is 0.833. The normalized spacial score (nSPS) is 20.2. The van der Waals surface area contributed by atoms with E-state index in [0.29, 0.717) is 0 Å². The third kappa shape index (κ3) is 1.41. The monoisotopic (exact) mass is 164 g/mol. The molecule has 0 spiro atoms. The number of halogens is 1. The highest BCUT2D eigenvalue weighted by Gasteiger charge is 2.39. The largest absolute Gasteiger partial charge is 0.358 e. The lowest BCUT2D eigenvalue weighted by Crippen LogP contribution is -2.57. The second-order valence-electron chi connectivity index (χ2n) is 2.59. The van der Waals surface area contributed by atoms with Gasteiger partial charge < -0.3 is 11.1 Å². The molecule has 0 heterocycles. The number of carbonyl (C=O) groups is 1. The van der Waals surface area contributed by atoms with E-state index in [1.54, 1.807) is 7.05 Å². The minimum atomic E-state index is -0.519. The van der Waals surface area contributed by atoms with Crippen LogP contribution in [0.5, 0.6) is 0 Å². The maximum atomic E-state index is 10.9. The zero-order valence-electron chi connectivity index (χ0n) is 6.02. The molecule has 0 aromatic carbocycles. The van der Waals surface area contributed by atoms with Gasteiger partial charge in [0.15, 0.2) is 0 Å². The Kier molecular flexibility index (Phi) is 3.12. The average Bonchev–Trinajstić information content (AvgIpc) is 1.81. The zero-order chi connectivity index (χ0) is 6.91. The first-order valence-corrected chi connectivity index (χ1v) is 3.20. The van der Waals surface area contributed by atoms with Crippen molar-refractivity contribution in [3.05, 3.63) is 0 Å². The lowest BCUT2D eigenvalue weighted by atomic mass is 9.77. The van der Waals surface area contributed by atoms with Crippen LogP contribution in [0.4, 0.5) is 0 Å². The van der Waals surface area contributed by atoms with Gasteiger partial charge in [-0.05, 0) is 19.3 Å². The zero-order valence-corrected chi connectivity index (χ0v) is 6.83. The van der Waals surface area contributed by atoms with Crippen LogP contribution in [0.3, 0.4) is 0 Å². The SMILES string of the molecule is CNC(=O)C1(N)CCC1.Cl. The van der Waals surface area contributed by atoms with E-state index in [0.717, 1.165) is 19.3 Å². The van der Waals surface area contributed by atoms with Gasteiger partial charge >= 0.3 is 0 Å². The van der Waals surface area contributed by atoms with Crippen LogP contribution in [0.15, 0.2) is 0 Å². The molecule has 1 aliphatic rings. The fourth-order valence-corrected chi connectivity index (χ4v) is 1.03. The molecule has 1 aliphatic carbocycles. The Bertz CT molecular complexity index is 134. The van der Waals surface area contributed by atoms with Gasteiger partial charge in [-0.2, -0.15) is 0 Å². The molecule has 0 atom stereocenters. The Hall–Kier alpha value is -0.280. The van der Waals surface area contributed by atoms with Crippen molar-refractivity contribution in [1.82, 2.24) is 5.32 Å². The number of carbonyl (C=O) groups excluding carboxylic acids is 1. The van der Waals surface area contributed by atoms with E-state index in [1.165, 1.54) is 0 Å². The number of amides is 1. The third-order valence-corrected chi connectivity index (χ3v) is 1.93. The molecule has 4 heteroatoms. The highest BCUT2D eigenvalue weighted by Crippen LogP contribution is 2.28. The van der Waals surface area contributed by atoms with Crippen LogP contribution in [0, 0.1) is 0 Å². The third-order valence-electron chi connectivity index (χ3n) is 1.93. The number of likely N-dealkylation sites (N-methyl/N-ethyl adjacent to an activating group) is 1. The van der Waals surface area contributed by atoms with Crippen molar-refractivity contribution in [2.24, 2.45) is 5.73 Å². The molecule has 3 nitrogen and oxygen atoms in total. The molecular weight excluding hydrogens is 152 g/mol. The second kappa shape index (κ2) is 3.21. The van der Waals surface area contributed by atoms with E-state index in [2.05, 4.69) is 5.32 Å². The van der Waals surface area contributed by atoms with Crippen molar-refractivity contribution in [1.29, 1.82) is 0 Å². The molecule has 60 valence electrons. The molecule has 0 radical (unpaired) electrons. The maximum Gasteiger partial charge on any atom is 0.239 e. The van der Waals surface area contributed by atoms with Crippen molar-refractivity contribution >= 4 is 18.3 Å². The molecule has 1 rings (SSSR count). The van der Waals surface area contributed by atoms with Crippen LogP contribution in [0.2, 0.25) is 0 Å². The molecule has 0 aliphatic heterocycles. The van der Waals surface area contributed by atoms with E-state index in [4.69, 9.17) is 5.73 Å². The predicted molar refractivity (Wildman–Crippen MR) is 42.1 cm³/mol. The molecular formula is C6H13ClN2O. The van der Waals surface area contributed by atoms with E-state index < -0.39 is 5.54 Å². The Morgan fingerprint density at radius 1 is 1.60 bits per heavy atom. The molecule has 1 amide bonds. The summed E-state index contributed by atoms with van der Waals surface area (Å²) >= 11 is 0. The summed E-state index contributed by atoms with van der Waals surface area (Å²) < 4.78 is 0. The van der Waals surface area contributed by atoms with Crippen LogP contribution in [-0.4, -0.2) is 18.5 Å². The molecule has 1 saturated carbocycles. The van der Waals surface area contributed by atoms with Gasteiger partial charge in [0.1, 0.15) is 0 Å². The summed E-state index contributed by atoms with van der Waals surface area (Å²) in [4.78, 5) is 10.9. The molecule has 10 heavy (non-hydrogen) atoms. The summed E-state index contributed by atoms with van der Waals surface area (Å²) in [5, 5.41) is 2.54. The van der Waals surface area contributed by atoms with Gasteiger partial charge in [0, 0.05) is 7.05 Å². The number of hydrogen-bond donors (Lipinski definition) is 2. The van der Waals surface area contributed by atoms with Crippen LogP contribution >= 0.6 is 12.4 Å². The Labute approximate surface area is 66.8 Å². The number of nitrogens with two attached hydrogens (primary N) is 1. The van der Waals surface area contributed by atoms with Crippen LogP contribution in [0.25, 0.3) is 0 Å². The topological polar surface area (TPSA) is 55.1 Å². The summed E-state index contributed by atoms with van der Waals surface area (Å²) in [6, 6.07) is 0. The minimum absolute atomic E-state index is 0. The summed E-state index contributed by atoms with van der Waals surface area (Å²) in [6.07, 6.45) is 2.77. The Morgan fingerprint density at radius 3 is 2.20 bits per heavy atom. The first-order chi connectivity index (χ1) is 4.19. The first kappa shape index (κ1) is 9.72. The quantitative estimate of drug-likeness (QED) is 0.575. The van der Waals surface area contributed by atoms with Crippen molar-refractivity contribution in [2.45, 2.75) is 24.8 Å². The number of hydrogen-bond acceptors (Lipinski definition) is 2. The molecule has 0 bridgehead atoms. The predicted octanol–water partition coefficient (Wildman–Crippen LogP) is 0.0356. The Morgan fingerprint density at radius 2 is 2.10 bits per heavy atom. The molecule has 0 aromatic heterocycles. The van der Waals surface area contributed by atoms with Crippen LogP contribution in [0.1, 0.15) is 19.3 Å². The maximum absolute atomic E-state index is 10.9. The van der Waals surface area contributed by atoms with Crippen LogP contribution in [-0.2, 0) is 4.79 Å². The van der Waals surface area contributed by atoms with Gasteiger partial charge in [0.25, 0.3) is 0 Å². The summed E-state index contributed by atoms with van der Waals surface area (Å²) in [5.74, 6) is -0.0197. The highest BCUT2D eigenvalue weighted by molar-refractivity contribution is 5.86. The molecule has 1 fully saturated rings. The summed E-state index contributed by atoms with van der Waals surface area (Å²) in [5.41, 5.74) is 5.13. The lowest BCUT2D eigenvalue weighted by Gasteiger charge is -2.35. The minimum Gasteiger partial charge on any atom is -0.358 e. The smallest absolute Gasteiger partial charge is 0.239 e. The fourth-order valence-electron chi connectivity index (χ4n) is 1.03. The standard InChI is InChI=1S/C6H12N2O.ClH/c1-8-5(9)6(7)3-2-4-6;/h2-4,7H2,1H3,(H,8,9);1H. The van der Waals surface area contributed by atoms with Gasteiger partial charge in [0.2, 0.25) is 5.91 Å². The van der Waals surface area contributed by atoms with Gasteiger partial charge in [-0.15, -0.1) is 12.4 Å². The van der Waals surface area contributed by atoms with Gasteiger partial charge in [0.05, 0.1) is 5.54 Å². The van der Waals surface area contributed by atoms with E-state index in [-0.39, 0.29) is 18.3 Å². The molecule has 3 N–H and O–H groups in total. The van der Waals surface area contributed by atoms with E-state index in [9.17, 15) is 4.79 Å². The van der Waals surface area contributed by atoms with Crippen molar-refractivity contribution in [2.75, 3.05) is 7.05 Å². The molecule has 0 aromatic rings. The van der Waals surface area contributed by atoms with E-state index >= 15 is 0 Å². The van der Waals surface area contributed by atoms with Gasteiger partial charge in [-0.25, -0.2) is 0 Å². The number of rotatable bonds is 1. The van der Waals surface area contributed by atoms with Crippen molar-refractivity contribution in [3.63, 3.8) is 0 Å². The highest BCUT2D eigenvalue weighted by atomic mass is 35.5. The Balaban J connectivity index is 0.000000810. The van der Waals surface area contributed by atoms with Crippen LogP contribution < -0.4 is 11.1 Å². The lowest BCUT2D eigenvalue weighted by molar-refractivity contribution is -0.128. The van der Waals surface area contributed by atoms with Gasteiger partial charge in [-0.1, -0.05) is 0 Å². The van der Waals surface area contributed by atoms with Crippen molar-refractivity contribution < 1.29 is 4.79 Å². The first-order valence-electron chi connectivity index (χ1n) is 3.20. The second-order valence-corrected chi connectivity index (χ2v) is 2.59. The average molecular weight is 165 g/mol. The summed E-state index contributed by atoms with van der Waals surface area (Å²) in [7, 11) is 1.62. The molecule has 0 saturated heterocycles. The molecule has 0 unspecified atom stereocenters. The number of nitrogens with one attached hydrogen (secondary N) is 1. The van der Waals surface area contributed by atoms with Crippen molar-refractivity contribution in [3.8, 4) is 0 Å². The van der Waals surface area contributed by atoms with E-state index in [1.807, 2.05) is 0 Å². The van der Waals surface area contributed by atoms with Gasteiger partial charge in [-0.3, -0.25) is 4.79 Å². The summed E-state index contributed by atoms with van der Waals surface area (Å²) in [6.45, 7) is 0.